The van der Waals surface area contributed by atoms with Crippen LogP contribution in [-0.4, -0.2) is 65.9 Å². The number of aliphatic imine (C=N–C) groups is 1. The molecular weight excluding hydrogens is 412 g/mol. The lowest BCUT2D eigenvalue weighted by Crippen LogP contribution is -2.56. The Bertz CT molecular complexity index is 947. The van der Waals surface area contributed by atoms with Gasteiger partial charge in [0, 0.05) is 51.4 Å². The number of pyridine rings is 1. The van der Waals surface area contributed by atoms with Gasteiger partial charge < -0.3 is 15.5 Å². The van der Waals surface area contributed by atoms with Gasteiger partial charge in [0.15, 0.2) is 5.96 Å². The number of rotatable bonds is 6. The van der Waals surface area contributed by atoms with Gasteiger partial charge in [-0.2, -0.15) is 0 Å². The van der Waals surface area contributed by atoms with Crippen LogP contribution in [-0.2, 0) is 11.3 Å². The van der Waals surface area contributed by atoms with Crippen LogP contribution in [0.15, 0.2) is 53.5 Å². The van der Waals surface area contributed by atoms with Gasteiger partial charge in [-0.1, -0.05) is 36.4 Å². The fraction of sp³-hybridized carbons (Fsp3) is 0.500. The molecule has 2 unspecified atom stereocenters. The Morgan fingerprint density at radius 1 is 1.12 bits per heavy atom. The third-order valence-corrected chi connectivity index (χ3v) is 6.71. The van der Waals surface area contributed by atoms with Gasteiger partial charge in [0.25, 0.3) is 0 Å². The molecule has 1 aromatic carbocycles. The Hall–Kier alpha value is -2.93. The highest BCUT2D eigenvalue weighted by Gasteiger charge is 2.36. The predicted octanol–water partition coefficient (Wildman–Crippen LogP) is 3.28. The lowest BCUT2D eigenvalue weighted by Gasteiger charge is -2.48. The summed E-state index contributed by atoms with van der Waals surface area (Å²) in [6.07, 6.45) is 4.05. The molecule has 2 atom stereocenters. The number of aryl methyl sites for hydroxylation is 1. The van der Waals surface area contributed by atoms with Crippen molar-refractivity contribution in [3.8, 4) is 0 Å². The molecule has 1 aromatic heterocycles. The van der Waals surface area contributed by atoms with Crippen molar-refractivity contribution in [3.63, 3.8) is 0 Å². The van der Waals surface area contributed by atoms with Crippen LogP contribution in [0.5, 0.6) is 0 Å². The summed E-state index contributed by atoms with van der Waals surface area (Å²) >= 11 is 0. The highest BCUT2D eigenvalue weighted by molar-refractivity contribution is 5.90. The number of hydrogen-bond donors (Lipinski definition) is 2. The zero-order chi connectivity index (χ0) is 23.0. The molecule has 7 heteroatoms. The van der Waals surface area contributed by atoms with Crippen LogP contribution < -0.4 is 10.6 Å². The number of nitrogens with zero attached hydrogens (tertiary/aromatic N) is 4. The van der Waals surface area contributed by atoms with Gasteiger partial charge in [0.05, 0.1) is 0 Å². The van der Waals surface area contributed by atoms with Crippen molar-refractivity contribution in [2.75, 3.05) is 38.5 Å². The van der Waals surface area contributed by atoms with E-state index in [4.69, 9.17) is 0 Å². The first-order valence-electron chi connectivity index (χ1n) is 12.1. The first-order valence-corrected chi connectivity index (χ1v) is 12.1. The fourth-order valence-electron chi connectivity index (χ4n) is 5.15. The van der Waals surface area contributed by atoms with E-state index in [0.29, 0.717) is 30.7 Å². The molecule has 33 heavy (non-hydrogen) atoms. The monoisotopic (exact) mass is 448 g/mol. The summed E-state index contributed by atoms with van der Waals surface area (Å²) in [5.74, 6) is 2.11. The second kappa shape index (κ2) is 11.3. The third-order valence-electron chi connectivity index (χ3n) is 6.71. The van der Waals surface area contributed by atoms with E-state index in [2.05, 4.69) is 60.7 Å². The lowest BCUT2D eigenvalue weighted by atomic mass is 9.83. The number of carbonyl (C=O) groups is 1. The molecule has 0 saturated carbocycles. The molecule has 7 nitrogen and oxygen atoms in total. The number of benzene rings is 1. The molecule has 2 aliphatic rings. The van der Waals surface area contributed by atoms with Crippen LogP contribution >= 0.6 is 0 Å². The summed E-state index contributed by atoms with van der Waals surface area (Å²) in [6.45, 7) is 6.71. The van der Waals surface area contributed by atoms with Crippen LogP contribution in [0, 0.1) is 12.8 Å². The molecule has 2 saturated heterocycles. The van der Waals surface area contributed by atoms with Crippen molar-refractivity contribution < 1.29 is 4.79 Å². The molecule has 3 heterocycles. The average molecular weight is 449 g/mol. The predicted molar refractivity (Wildman–Crippen MR) is 133 cm³/mol. The van der Waals surface area contributed by atoms with Crippen molar-refractivity contribution in [1.82, 2.24) is 20.1 Å². The Kier molecular flexibility index (Phi) is 7.94. The van der Waals surface area contributed by atoms with Crippen molar-refractivity contribution in [1.29, 1.82) is 0 Å². The van der Waals surface area contributed by atoms with Crippen molar-refractivity contribution in [2.45, 2.75) is 45.2 Å². The number of carbonyl (C=O) groups excluding carboxylic acids is 1. The summed E-state index contributed by atoms with van der Waals surface area (Å²) in [6, 6.07) is 17.1. The van der Waals surface area contributed by atoms with Crippen molar-refractivity contribution in [2.24, 2.45) is 10.9 Å². The van der Waals surface area contributed by atoms with Crippen molar-refractivity contribution in [3.05, 3.63) is 59.8 Å². The quantitative estimate of drug-likeness (QED) is 0.524. The summed E-state index contributed by atoms with van der Waals surface area (Å²) in [7, 11) is 1.83. The van der Waals surface area contributed by atoms with Gasteiger partial charge in [-0.3, -0.25) is 14.7 Å². The first-order chi connectivity index (χ1) is 16.1. The number of nitrogens with one attached hydrogen (secondary N) is 2. The van der Waals surface area contributed by atoms with E-state index in [-0.39, 0.29) is 5.91 Å². The van der Waals surface area contributed by atoms with Crippen LogP contribution in [0.1, 0.15) is 36.9 Å². The minimum absolute atomic E-state index is 0.0430. The van der Waals surface area contributed by atoms with Crippen molar-refractivity contribution >= 4 is 17.7 Å². The number of guanidine groups is 1. The summed E-state index contributed by atoms with van der Waals surface area (Å²) < 4.78 is 0. The van der Waals surface area contributed by atoms with Gasteiger partial charge in [-0.25, -0.2) is 4.98 Å². The summed E-state index contributed by atoms with van der Waals surface area (Å²) in [4.78, 5) is 26.2. The molecule has 0 spiro atoms. The topological polar surface area (TPSA) is 72.9 Å². The van der Waals surface area contributed by atoms with Crippen LogP contribution in [0.4, 0.5) is 5.82 Å². The molecular formula is C26H36N6O. The zero-order valence-electron chi connectivity index (χ0n) is 19.8. The molecule has 0 bridgehead atoms. The van der Waals surface area contributed by atoms with E-state index in [9.17, 15) is 4.79 Å². The van der Waals surface area contributed by atoms with E-state index in [0.717, 1.165) is 37.7 Å². The van der Waals surface area contributed by atoms with E-state index >= 15 is 0 Å². The van der Waals surface area contributed by atoms with E-state index in [1.54, 1.807) is 0 Å². The maximum absolute atomic E-state index is 12.3. The molecule has 1 amide bonds. The Morgan fingerprint density at radius 3 is 2.76 bits per heavy atom. The Morgan fingerprint density at radius 2 is 1.97 bits per heavy atom. The SMILES string of the molecule is CN=C(NCCC(=O)Nc1cccc(C)n1)N1CCC2C(CCCN2Cc2ccccc2)C1. The number of piperidine rings is 2. The number of amides is 1. The average Bonchev–Trinajstić information content (AvgIpc) is 2.82. The smallest absolute Gasteiger partial charge is 0.227 e. The van der Waals surface area contributed by atoms with E-state index in [1.807, 2.05) is 32.2 Å². The van der Waals surface area contributed by atoms with Gasteiger partial charge in [0.1, 0.15) is 5.82 Å². The number of likely N-dealkylation sites (tertiary alicyclic amines) is 2. The Balaban J connectivity index is 1.25. The third kappa shape index (κ3) is 6.32. The second-order valence-corrected chi connectivity index (χ2v) is 9.10. The summed E-state index contributed by atoms with van der Waals surface area (Å²) in [5, 5.41) is 6.26. The molecule has 0 aliphatic carbocycles. The summed E-state index contributed by atoms with van der Waals surface area (Å²) in [5.41, 5.74) is 2.29. The molecule has 176 valence electrons. The second-order valence-electron chi connectivity index (χ2n) is 9.10. The highest BCUT2D eigenvalue weighted by Crippen LogP contribution is 2.31. The largest absolute Gasteiger partial charge is 0.356 e. The van der Waals surface area contributed by atoms with Gasteiger partial charge >= 0.3 is 0 Å². The molecule has 2 N–H and O–H groups in total. The van der Waals surface area contributed by atoms with Crippen LogP contribution in [0.2, 0.25) is 0 Å². The Labute approximate surface area is 197 Å². The number of hydrogen-bond acceptors (Lipinski definition) is 4. The standard InChI is InChI=1S/C26H36N6O/c1-20-8-6-12-24(29-20)30-25(33)13-15-28-26(27-2)32-17-14-23-22(19-32)11-7-16-31(23)18-21-9-4-3-5-10-21/h3-6,8-10,12,22-23H,7,11,13-19H2,1-2H3,(H,27,28)(H,29,30,33). The molecule has 0 radical (unpaired) electrons. The van der Waals surface area contributed by atoms with Crippen LogP contribution in [0.3, 0.4) is 0 Å². The maximum atomic E-state index is 12.3. The maximum Gasteiger partial charge on any atom is 0.227 e. The molecule has 2 aliphatic heterocycles. The fourth-order valence-corrected chi connectivity index (χ4v) is 5.15. The number of fused-ring (bicyclic) bond motifs is 1. The number of anilines is 1. The molecule has 2 fully saturated rings. The minimum Gasteiger partial charge on any atom is -0.356 e. The first kappa shape index (κ1) is 23.2. The van der Waals surface area contributed by atoms with Gasteiger partial charge in [-0.05, 0) is 56.3 Å². The number of aromatic nitrogens is 1. The van der Waals surface area contributed by atoms with Gasteiger partial charge in [0.2, 0.25) is 5.91 Å². The van der Waals surface area contributed by atoms with E-state index in [1.165, 1.54) is 24.9 Å². The van der Waals surface area contributed by atoms with Crippen LogP contribution in [0.25, 0.3) is 0 Å². The van der Waals surface area contributed by atoms with Gasteiger partial charge in [-0.15, -0.1) is 0 Å². The molecule has 2 aromatic rings. The lowest BCUT2D eigenvalue weighted by molar-refractivity contribution is -0.116. The molecule has 4 rings (SSSR count). The zero-order valence-corrected chi connectivity index (χ0v) is 19.8. The minimum atomic E-state index is -0.0430. The highest BCUT2D eigenvalue weighted by atomic mass is 16.1. The normalized spacial score (nSPS) is 21.4. The van der Waals surface area contributed by atoms with E-state index < -0.39 is 0 Å².